The second-order valence-electron chi connectivity index (χ2n) is 9.75. The monoisotopic (exact) mass is 505 g/mol. The van der Waals surface area contributed by atoms with Gasteiger partial charge in [0.15, 0.2) is 23.0 Å². The lowest BCUT2D eigenvalue weighted by Crippen LogP contribution is -2.64. The molecule has 3 aliphatic rings. The maximum Gasteiger partial charge on any atom is 0.278 e. The van der Waals surface area contributed by atoms with Crippen molar-refractivity contribution in [3.05, 3.63) is 105 Å². The van der Waals surface area contributed by atoms with Crippen LogP contribution in [-0.4, -0.2) is 39.4 Å². The summed E-state index contributed by atoms with van der Waals surface area (Å²) >= 11 is 0. The van der Waals surface area contributed by atoms with Crippen molar-refractivity contribution in [1.29, 1.82) is 0 Å². The van der Waals surface area contributed by atoms with Crippen LogP contribution in [0.25, 0.3) is 0 Å². The summed E-state index contributed by atoms with van der Waals surface area (Å²) in [6, 6.07) is 10.5. The fourth-order valence-corrected chi connectivity index (χ4v) is 5.64. The number of carbonyl (C=O) groups excluding carboxylic acids is 1. The predicted molar refractivity (Wildman–Crippen MR) is 132 cm³/mol. The standard InChI is InChI=1S/C28H25F2N3O4/c1-17-6-2-3-7-18(17)23-19-8-9-20(29)22(30)26(19)37-15-5-13-28(11-4-12-28)31-16-33(23)32-14-10-21(34)25(35)24(32)27(31)36/h2-3,5-10,13-14,23,35H,4,11-12,15-16H2,1H3/b13-5-. The van der Waals surface area contributed by atoms with Gasteiger partial charge >= 0.3 is 0 Å². The topological polar surface area (TPSA) is 75.0 Å². The van der Waals surface area contributed by atoms with Crippen LogP contribution in [0, 0.1) is 18.6 Å². The van der Waals surface area contributed by atoms with E-state index in [2.05, 4.69) is 0 Å². The highest BCUT2D eigenvalue weighted by Gasteiger charge is 2.49. The summed E-state index contributed by atoms with van der Waals surface area (Å²) in [6.07, 6.45) is 7.28. The molecule has 190 valence electrons. The molecule has 1 atom stereocenters. The smallest absolute Gasteiger partial charge is 0.278 e. The Balaban J connectivity index is 1.69. The van der Waals surface area contributed by atoms with Crippen molar-refractivity contribution >= 4 is 5.91 Å². The maximum absolute atomic E-state index is 15.3. The van der Waals surface area contributed by atoms with E-state index in [0.29, 0.717) is 18.4 Å². The average Bonchev–Trinajstić information content (AvgIpc) is 2.88. The highest BCUT2D eigenvalue weighted by Crippen LogP contribution is 2.45. The van der Waals surface area contributed by atoms with E-state index in [1.807, 2.05) is 37.3 Å². The van der Waals surface area contributed by atoms with Crippen LogP contribution in [0.5, 0.6) is 11.5 Å². The Labute approximate surface area is 211 Å². The molecule has 1 spiro atoms. The van der Waals surface area contributed by atoms with Crippen LogP contribution >= 0.6 is 0 Å². The number of carbonyl (C=O) groups is 1. The second-order valence-corrected chi connectivity index (χ2v) is 9.75. The lowest BCUT2D eigenvalue weighted by molar-refractivity contribution is 0.0255. The molecule has 1 aromatic heterocycles. The lowest BCUT2D eigenvalue weighted by Gasteiger charge is -2.54. The summed E-state index contributed by atoms with van der Waals surface area (Å²) in [6.45, 7) is 1.97. The minimum Gasteiger partial charge on any atom is -0.502 e. The van der Waals surface area contributed by atoms with Gasteiger partial charge in [-0.3, -0.25) is 19.3 Å². The number of fused-ring (bicyclic) bond motifs is 6. The highest BCUT2D eigenvalue weighted by atomic mass is 19.2. The number of ether oxygens (including phenoxy) is 1. The zero-order chi connectivity index (χ0) is 25.9. The zero-order valence-electron chi connectivity index (χ0n) is 20.2. The van der Waals surface area contributed by atoms with Crippen molar-refractivity contribution in [2.45, 2.75) is 37.8 Å². The summed E-state index contributed by atoms with van der Waals surface area (Å²) in [4.78, 5) is 27.9. The summed E-state index contributed by atoms with van der Waals surface area (Å²) in [5.74, 6) is -3.48. The van der Waals surface area contributed by atoms with E-state index >= 15 is 4.39 Å². The molecule has 1 unspecified atom stereocenters. The molecule has 2 aromatic carbocycles. The van der Waals surface area contributed by atoms with Gasteiger partial charge in [0.25, 0.3) is 5.91 Å². The third-order valence-corrected chi connectivity index (χ3v) is 7.73. The van der Waals surface area contributed by atoms with Gasteiger partial charge in [0.1, 0.15) is 19.3 Å². The van der Waals surface area contributed by atoms with Crippen LogP contribution < -0.4 is 15.2 Å². The van der Waals surface area contributed by atoms with Gasteiger partial charge in [-0.25, -0.2) is 4.39 Å². The Hall–Kier alpha value is -4.14. The first-order chi connectivity index (χ1) is 17.8. The predicted octanol–water partition coefficient (Wildman–Crippen LogP) is 4.15. The Kier molecular flexibility index (Phi) is 5.33. The number of aryl methyl sites for hydroxylation is 1. The molecule has 3 aromatic rings. The van der Waals surface area contributed by atoms with Crippen LogP contribution in [0.3, 0.4) is 0 Å². The van der Waals surface area contributed by atoms with Gasteiger partial charge in [-0.1, -0.05) is 30.3 Å². The molecule has 1 amide bonds. The first-order valence-corrected chi connectivity index (χ1v) is 12.2. The first kappa shape index (κ1) is 23.3. The molecule has 7 nitrogen and oxygen atoms in total. The Morgan fingerprint density at radius 3 is 2.57 bits per heavy atom. The average molecular weight is 506 g/mol. The SMILES string of the molecule is Cc1ccccc1C1c2ccc(F)c(F)c2OC/C=C\C2(CCC2)N2CN1n1ccc(=O)c(O)c1C2=O. The van der Waals surface area contributed by atoms with E-state index in [1.165, 1.54) is 23.0 Å². The van der Waals surface area contributed by atoms with Crippen LogP contribution in [0.1, 0.15) is 52.5 Å². The molecule has 0 saturated heterocycles. The van der Waals surface area contributed by atoms with Crippen LogP contribution in [0.4, 0.5) is 8.78 Å². The van der Waals surface area contributed by atoms with E-state index in [-0.39, 0.29) is 24.7 Å². The minimum absolute atomic E-state index is 0.0201. The van der Waals surface area contributed by atoms with E-state index in [9.17, 15) is 19.1 Å². The number of nitrogens with zero attached hydrogens (tertiary/aromatic N) is 3. The third-order valence-electron chi connectivity index (χ3n) is 7.73. The summed E-state index contributed by atoms with van der Waals surface area (Å²) in [7, 11) is 0. The van der Waals surface area contributed by atoms with Crippen molar-refractivity contribution in [3.63, 3.8) is 0 Å². The molecule has 37 heavy (non-hydrogen) atoms. The van der Waals surface area contributed by atoms with Crippen molar-refractivity contribution in [2.24, 2.45) is 0 Å². The number of rotatable bonds is 1. The van der Waals surface area contributed by atoms with Crippen LogP contribution in [0.2, 0.25) is 0 Å². The van der Waals surface area contributed by atoms with E-state index in [4.69, 9.17) is 4.74 Å². The fourth-order valence-electron chi connectivity index (χ4n) is 5.64. The first-order valence-electron chi connectivity index (χ1n) is 12.2. The van der Waals surface area contributed by atoms with Gasteiger partial charge in [-0.05, 0) is 55.5 Å². The minimum atomic E-state index is -1.10. The normalized spacial score (nSPS) is 20.8. The van der Waals surface area contributed by atoms with Crippen molar-refractivity contribution in [3.8, 4) is 11.5 Å². The zero-order valence-corrected chi connectivity index (χ0v) is 20.2. The molecule has 1 saturated carbocycles. The number of aromatic hydroxyl groups is 1. The molecule has 6 rings (SSSR count). The number of hydrogen-bond donors (Lipinski definition) is 1. The van der Waals surface area contributed by atoms with E-state index in [1.54, 1.807) is 16.0 Å². The number of halogens is 2. The Morgan fingerprint density at radius 2 is 1.84 bits per heavy atom. The molecule has 9 heteroatoms. The molecule has 2 bridgehead atoms. The number of benzene rings is 2. The Morgan fingerprint density at radius 1 is 1.05 bits per heavy atom. The fraction of sp³-hybridized carbons (Fsp3) is 0.286. The lowest BCUT2D eigenvalue weighted by atomic mass is 9.74. The molecular formula is C28H25F2N3O4. The molecule has 1 fully saturated rings. The number of hydrogen-bond acceptors (Lipinski definition) is 5. The Bertz CT molecular complexity index is 1510. The molecule has 1 N–H and O–H groups in total. The maximum atomic E-state index is 15.3. The van der Waals surface area contributed by atoms with Gasteiger partial charge in [0, 0.05) is 17.8 Å². The van der Waals surface area contributed by atoms with Gasteiger partial charge < -0.3 is 14.7 Å². The van der Waals surface area contributed by atoms with Gasteiger partial charge in [-0.15, -0.1) is 0 Å². The molecule has 0 radical (unpaired) electrons. The van der Waals surface area contributed by atoms with Gasteiger partial charge in [-0.2, -0.15) is 4.39 Å². The van der Waals surface area contributed by atoms with Gasteiger partial charge in [0.05, 0.1) is 5.54 Å². The van der Waals surface area contributed by atoms with Crippen LogP contribution in [0.15, 0.2) is 65.6 Å². The van der Waals surface area contributed by atoms with Crippen molar-refractivity contribution in [1.82, 2.24) is 9.58 Å². The highest BCUT2D eigenvalue weighted by molar-refractivity contribution is 5.97. The molecule has 2 aliphatic heterocycles. The summed E-state index contributed by atoms with van der Waals surface area (Å²) < 4.78 is 37.0. The van der Waals surface area contributed by atoms with Crippen molar-refractivity contribution < 1.29 is 23.4 Å². The largest absolute Gasteiger partial charge is 0.502 e. The number of amides is 1. The van der Waals surface area contributed by atoms with Crippen LogP contribution in [-0.2, 0) is 0 Å². The van der Waals surface area contributed by atoms with Gasteiger partial charge in [0.2, 0.25) is 11.2 Å². The molecular weight excluding hydrogens is 480 g/mol. The third kappa shape index (κ3) is 3.44. The van der Waals surface area contributed by atoms with E-state index < -0.39 is 40.3 Å². The molecule has 3 heterocycles. The van der Waals surface area contributed by atoms with Crippen molar-refractivity contribution in [2.75, 3.05) is 18.3 Å². The molecule has 1 aliphatic carbocycles. The summed E-state index contributed by atoms with van der Waals surface area (Å²) in [5.41, 5.74) is 0.509. The second kappa shape index (κ2) is 8.47. The summed E-state index contributed by atoms with van der Waals surface area (Å²) in [5, 5.41) is 12.6. The number of pyridine rings is 1. The van der Waals surface area contributed by atoms with E-state index in [0.717, 1.165) is 23.6 Å². The number of aromatic nitrogens is 1. The quantitative estimate of drug-likeness (QED) is 0.503.